The van der Waals surface area contributed by atoms with Gasteiger partial charge in [-0.1, -0.05) is 54.6 Å². The highest BCUT2D eigenvalue weighted by atomic mass is 79.9. The molecular weight excluding hydrogens is 412 g/mol. The molecule has 1 unspecified atom stereocenters. The van der Waals surface area contributed by atoms with Gasteiger partial charge in [-0.2, -0.15) is 0 Å². The van der Waals surface area contributed by atoms with E-state index in [4.69, 9.17) is 9.47 Å². The zero-order valence-electron chi connectivity index (χ0n) is 15.7. The molecular formula is C25H19BrO2. The van der Waals surface area contributed by atoms with Crippen LogP contribution in [-0.2, 0) is 5.41 Å². The van der Waals surface area contributed by atoms with Gasteiger partial charge in [-0.15, -0.1) is 0 Å². The first kappa shape index (κ1) is 17.3. The molecule has 0 bridgehead atoms. The SMILES string of the molecule is C/C=C1\C(=C/C)Oc2ccccc2C12c1ccccc1Oc1c(Br)cccc12. The van der Waals surface area contributed by atoms with Gasteiger partial charge < -0.3 is 9.47 Å². The van der Waals surface area contributed by atoms with Gasteiger partial charge in [0.15, 0.2) is 0 Å². The molecule has 28 heavy (non-hydrogen) atoms. The molecule has 5 rings (SSSR count). The van der Waals surface area contributed by atoms with Crippen LogP contribution in [0.15, 0.2) is 94.7 Å². The van der Waals surface area contributed by atoms with Crippen LogP contribution in [0.4, 0.5) is 0 Å². The summed E-state index contributed by atoms with van der Waals surface area (Å²) in [5.74, 6) is 3.48. The lowest BCUT2D eigenvalue weighted by atomic mass is 9.61. The standard InChI is InChI=1S/C25H19BrO2/c1-3-16-21(4-2)27-22-14-7-5-10-17(22)25(16)18-11-6-8-15-23(18)28-24-19(25)12-9-13-20(24)26/h3-15H,1-2H3/b16-3+,21-4+. The second-order valence-corrected chi connectivity index (χ2v) is 7.77. The molecule has 3 aromatic carbocycles. The van der Waals surface area contributed by atoms with E-state index >= 15 is 0 Å². The zero-order valence-corrected chi connectivity index (χ0v) is 17.3. The Kier molecular flexibility index (Phi) is 3.95. The summed E-state index contributed by atoms with van der Waals surface area (Å²) in [5, 5.41) is 0. The predicted octanol–water partition coefficient (Wildman–Crippen LogP) is 7.13. The number of ether oxygens (including phenoxy) is 2. The van der Waals surface area contributed by atoms with Crippen LogP contribution in [0.3, 0.4) is 0 Å². The first-order chi connectivity index (χ1) is 13.7. The molecule has 0 aliphatic carbocycles. The maximum atomic E-state index is 6.38. The molecule has 0 radical (unpaired) electrons. The summed E-state index contributed by atoms with van der Waals surface area (Å²) in [6, 6.07) is 22.9. The summed E-state index contributed by atoms with van der Waals surface area (Å²) in [7, 11) is 0. The smallest absolute Gasteiger partial charge is 0.146 e. The van der Waals surface area contributed by atoms with E-state index in [-0.39, 0.29) is 0 Å². The highest BCUT2D eigenvalue weighted by Gasteiger charge is 2.51. The first-order valence-electron chi connectivity index (χ1n) is 9.39. The Hall–Kier alpha value is -2.78. The fraction of sp³-hybridized carbons (Fsp3) is 0.120. The summed E-state index contributed by atoms with van der Waals surface area (Å²) in [4.78, 5) is 0. The van der Waals surface area contributed by atoms with E-state index in [0.717, 1.165) is 49.7 Å². The second-order valence-electron chi connectivity index (χ2n) is 6.92. The number of allylic oxidation sites excluding steroid dienone is 3. The van der Waals surface area contributed by atoms with Gasteiger partial charge in [-0.05, 0) is 54.1 Å². The molecule has 138 valence electrons. The van der Waals surface area contributed by atoms with Gasteiger partial charge in [0.05, 0.1) is 9.89 Å². The van der Waals surface area contributed by atoms with E-state index in [2.05, 4.69) is 65.3 Å². The minimum Gasteiger partial charge on any atom is -0.457 e. The molecule has 3 heteroatoms. The van der Waals surface area contributed by atoms with E-state index in [1.165, 1.54) is 0 Å². The van der Waals surface area contributed by atoms with Crippen molar-refractivity contribution in [2.75, 3.05) is 0 Å². The lowest BCUT2D eigenvalue weighted by Gasteiger charge is -2.46. The highest BCUT2D eigenvalue weighted by Crippen LogP contribution is 2.61. The Balaban J connectivity index is 2.02. The Morgan fingerprint density at radius 2 is 1.32 bits per heavy atom. The van der Waals surface area contributed by atoms with Crippen molar-refractivity contribution in [2.24, 2.45) is 0 Å². The highest BCUT2D eigenvalue weighted by molar-refractivity contribution is 9.10. The van der Waals surface area contributed by atoms with Crippen LogP contribution in [0, 0.1) is 0 Å². The van der Waals surface area contributed by atoms with Crippen molar-refractivity contribution >= 4 is 15.9 Å². The normalized spacial score (nSPS) is 22.2. The van der Waals surface area contributed by atoms with E-state index in [1.807, 2.05) is 43.3 Å². The third kappa shape index (κ3) is 2.14. The summed E-state index contributed by atoms with van der Waals surface area (Å²) < 4.78 is 13.6. The van der Waals surface area contributed by atoms with Gasteiger partial charge in [0.1, 0.15) is 23.0 Å². The van der Waals surface area contributed by atoms with E-state index in [1.54, 1.807) is 0 Å². The topological polar surface area (TPSA) is 18.5 Å². The summed E-state index contributed by atoms with van der Waals surface area (Å²) in [5.41, 5.74) is 4.00. The second kappa shape index (κ2) is 6.39. The molecule has 0 amide bonds. The average Bonchev–Trinajstić information content (AvgIpc) is 2.74. The number of hydrogen-bond acceptors (Lipinski definition) is 2. The Morgan fingerprint density at radius 3 is 1.96 bits per heavy atom. The fourth-order valence-corrected chi connectivity index (χ4v) is 5.00. The fourth-order valence-electron chi connectivity index (χ4n) is 4.55. The Bertz CT molecular complexity index is 1160. The van der Waals surface area contributed by atoms with Crippen LogP contribution in [0.1, 0.15) is 30.5 Å². The first-order valence-corrected chi connectivity index (χ1v) is 10.2. The molecule has 0 aromatic heterocycles. The number of benzene rings is 3. The predicted molar refractivity (Wildman–Crippen MR) is 115 cm³/mol. The molecule has 1 spiro atoms. The van der Waals surface area contributed by atoms with Crippen molar-refractivity contribution in [3.63, 3.8) is 0 Å². The van der Waals surface area contributed by atoms with Gasteiger partial charge in [0.2, 0.25) is 0 Å². The molecule has 2 nitrogen and oxygen atoms in total. The van der Waals surface area contributed by atoms with Crippen LogP contribution in [-0.4, -0.2) is 0 Å². The molecule has 2 aliphatic rings. The zero-order chi connectivity index (χ0) is 19.3. The Morgan fingerprint density at radius 1 is 0.714 bits per heavy atom. The molecule has 0 fully saturated rings. The van der Waals surface area contributed by atoms with Crippen molar-refractivity contribution in [2.45, 2.75) is 19.3 Å². The van der Waals surface area contributed by atoms with Gasteiger partial charge in [-0.25, -0.2) is 0 Å². The third-order valence-corrected chi connectivity index (χ3v) is 6.23. The maximum absolute atomic E-state index is 6.38. The van der Waals surface area contributed by atoms with Crippen molar-refractivity contribution in [1.29, 1.82) is 0 Å². The quantitative estimate of drug-likeness (QED) is 0.377. The van der Waals surface area contributed by atoms with Gasteiger partial charge >= 0.3 is 0 Å². The average molecular weight is 431 g/mol. The van der Waals surface area contributed by atoms with Gasteiger partial charge in [0, 0.05) is 22.3 Å². The monoisotopic (exact) mass is 430 g/mol. The van der Waals surface area contributed by atoms with Crippen molar-refractivity contribution in [1.82, 2.24) is 0 Å². The molecule has 3 aromatic rings. The largest absolute Gasteiger partial charge is 0.457 e. The van der Waals surface area contributed by atoms with Crippen molar-refractivity contribution in [3.05, 3.63) is 111 Å². The van der Waals surface area contributed by atoms with Crippen LogP contribution in [0.2, 0.25) is 0 Å². The number of halogens is 1. The lowest BCUT2D eigenvalue weighted by Crippen LogP contribution is -2.39. The van der Waals surface area contributed by atoms with Crippen LogP contribution in [0.25, 0.3) is 0 Å². The summed E-state index contributed by atoms with van der Waals surface area (Å²) >= 11 is 3.71. The lowest BCUT2D eigenvalue weighted by molar-refractivity contribution is 0.366. The van der Waals surface area contributed by atoms with Crippen LogP contribution < -0.4 is 9.47 Å². The van der Waals surface area contributed by atoms with Crippen molar-refractivity contribution in [3.8, 4) is 17.2 Å². The number of hydrogen-bond donors (Lipinski definition) is 0. The summed E-state index contributed by atoms with van der Waals surface area (Å²) in [6.45, 7) is 4.10. The molecule has 2 heterocycles. The molecule has 2 aliphatic heterocycles. The maximum Gasteiger partial charge on any atom is 0.146 e. The number of fused-ring (bicyclic) bond motifs is 6. The van der Waals surface area contributed by atoms with Crippen molar-refractivity contribution < 1.29 is 9.47 Å². The molecule has 1 atom stereocenters. The van der Waals surface area contributed by atoms with E-state index in [9.17, 15) is 0 Å². The van der Waals surface area contributed by atoms with Gasteiger partial charge in [-0.3, -0.25) is 0 Å². The van der Waals surface area contributed by atoms with E-state index in [0.29, 0.717) is 0 Å². The number of rotatable bonds is 0. The van der Waals surface area contributed by atoms with Gasteiger partial charge in [0.25, 0.3) is 0 Å². The Labute approximate surface area is 173 Å². The van der Waals surface area contributed by atoms with E-state index < -0.39 is 5.41 Å². The molecule has 0 N–H and O–H groups in total. The third-order valence-electron chi connectivity index (χ3n) is 5.61. The summed E-state index contributed by atoms with van der Waals surface area (Å²) in [6.07, 6.45) is 4.21. The minimum atomic E-state index is -0.501. The van der Waals surface area contributed by atoms with Crippen LogP contribution >= 0.6 is 15.9 Å². The van der Waals surface area contributed by atoms with Crippen LogP contribution in [0.5, 0.6) is 17.2 Å². The molecule has 0 saturated carbocycles. The minimum absolute atomic E-state index is 0.501. The number of para-hydroxylation sites is 3. The molecule has 0 saturated heterocycles.